The van der Waals surface area contributed by atoms with E-state index in [2.05, 4.69) is 5.32 Å². The second-order valence-electron chi connectivity index (χ2n) is 5.66. The summed E-state index contributed by atoms with van der Waals surface area (Å²) in [4.78, 5) is 25.0. The molecule has 0 spiro atoms. The lowest BCUT2D eigenvalue weighted by atomic mass is 10.1. The zero-order valence-corrected chi connectivity index (χ0v) is 12.6. The Labute approximate surface area is 125 Å². The van der Waals surface area contributed by atoms with Gasteiger partial charge in [-0.15, -0.1) is 0 Å². The van der Waals surface area contributed by atoms with Gasteiger partial charge in [0.15, 0.2) is 0 Å². The van der Waals surface area contributed by atoms with Gasteiger partial charge in [0.25, 0.3) is 0 Å². The first-order valence-corrected chi connectivity index (χ1v) is 7.34. The quantitative estimate of drug-likeness (QED) is 0.895. The van der Waals surface area contributed by atoms with Crippen molar-refractivity contribution in [1.82, 2.24) is 4.90 Å². The number of carbonyl (C=O) groups excluding carboxylic acids is 1. The normalized spacial score (nSPS) is 15.0. The Bertz CT molecular complexity index is 516. The van der Waals surface area contributed by atoms with Gasteiger partial charge in [0.1, 0.15) is 6.54 Å². The number of nitrogens with one attached hydrogen (secondary N) is 1. The van der Waals surface area contributed by atoms with Crippen LogP contribution in [0.4, 0.5) is 10.5 Å². The Balaban J connectivity index is 2.16. The minimum Gasteiger partial charge on any atom is -0.480 e. The molecule has 1 aliphatic carbocycles. The fourth-order valence-electron chi connectivity index (χ4n) is 2.92. The molecule has 0 aromatic heterocycles. The molecule has 0 atom stereocenters. The number of carboxylic acid groups (broad SMARTS) is 1. The van der Waals surface area contributed by atoms with Crippen molar-refractivity contribution < 1.29 is 14.7 Å². The summed E-state index contributed by atoms with van der Waals surface area (Å²) in [7, 11) is 0. The van der Waals surface area contributed by atoms with E-state index >= 15 is 0 Å². The summed E-state index contributed by atoms with van der Waals surface area (Å²) in [6.07, 6.45) is 3.87. The lowest BCUT2D eigenvalue weighted by molar-refractivity contribution is -0.138. The number of urea groups is 1. The predicted molar refractivity (Wildman–Crippen MR) is 81.5 cm³/mol. The molecule has 0 bridgehead atoms. The van der Waals surface area contributed by atoms with Crippen LogP contribution in [0.2, 0.25) is 0 Å². The molecule has 5 heteroatoms. The van der Waals surface area contributed by atoms with Crippen LogP contribution in [0, 0.1) is 13.8 Å². The molecule has 1 saturated carbocycles. The maximum atomic E-state index is 12.5. The highest BCUT2D eigenvalue weighted by atomic mass is 16.4. The number of carbonyl (C=O) groups is 2. The van der Waals surface area contributed by atoms with Gasteiger partial charge in [-0.05, 0) is 37.8 Å². The van der Waals surface area contributed by atoms with Crippen LogP contribution in [0.25, 0.3) is 0 Å². The SMILES string of the molecule is Cc1cccc(C)c1NC(=O)N(CC(=O)O)C1CCCC1. The maximum absolute atomic E-state index is 12.5. The fraction of sp³-hybridized carbons (Fsp3) is 0.500. The van der Waals surface area contributed by atoms with E-state index in [1.807, 2.05) is 32.0 Å². The molecule has 1 aromatic carbocycles. The van der Waals surface area contributed by atoms with Crippen molar-refractivity contribution in [3.05, 3.63) is 29.3 Å². The van der Waals surface area contributed by atoms with E-state index in [4.69, 9.17) is 5.11 Å². The van der Waals surface area contributed by atoms with Gasteiger partial charge in [-0.2, -0.15) is 0 Å². The van der Waals surface area contributed by atoms with E-state index in [0.29, 0.717) is 0 Å². The van der Waals surface area contributed by atoms with Crippen LogP contribution in [-0.2, 0) is 4.79 Å². The fourth-order valence-corrected chi connectivity index (χ4v) is 2.92. The topological polar surface area (TPSA) is 69.6 Å². The van der Waals surface area contributed by atoms with E-state index in [-0.39, 0.29) is 18.6 Å². The monoisotopic (exact) mass is 290 g/mol. The van der Waals surface area contributed by atoms with Crippen LogP contribution < -0.4 is 5.32 Å². The number of carboxylic acids is 1. The molecule has 2 rings (SSSR count). The van der Waals surface area contributed by atoms with E-state index < -0.39 is 5.97 Å². The van der Waals surface area contributed by atoms with Gasteiger partial charge in [0, 0.05) is 11.7 Å². The summed E-state index contributed by atoms with van der Waals surface area (Å²) in [6.45, 7) is 3.61. The molecule has 1 aliphatic rings. The Morgan fingerprint density at radius 3 is 2.33 bits per heavy atom. The van der Waals surface area contributed by atoms with Crippen molar-refractivity contribution in [2.45, 2.75) is 45.6 Å². The number of anilines is 1. The van der Waals surface area contributed by atoms with Gasteiger partial charge in [-0.25, -0.2) is 4.79 Å². The number of amides is 2. The first kappa shape index (κ1) is 15.4. The molecule has 5 nitrogen and oxygen atoms in total. The first-order valence-electron chi connectivity index (χ1n) is 7.34. The molecular weight excluding hydrogens is 268 g/mol. The number of para-hydroxylation sites is 1. The third kappa shape index (κ3) is 3.74. The van der Waals surface area contributed by atoms with Crippen LogP contribution >= 0.6 is 0 Å². The third-order valence-electron chi connectivity index (χ3n) is 4.04. The van der Waals surface area contributed by atoms with Crippen molar-refractivity contribution in [2.24, 2.45) is 0 Å². The number of aryl methyl sites for hydroxylation is 2. The second-order valence-corrected chi connectivity index (χ2v) is 5.66. The Hall–Kier alpha value is -2.04. The molecule has 0 radical (unpaired) electrons. The number of hydrogen-bond donors (Lipinski definition) is 2. The van der Waals surface area contributed by atoms with Gasteiger partial charge in [-0.1, -0.05) is 31.0 Å². The van der Waals surface area contributed by atoms with Crippen LogP contribution in [0.1, 0.15) is 36.8 Å². The van der Waals surface area contributed by atoms with Crippen LogP contribution in [0.3, 0.4) is 0 Å². The minimum atomic E-state index is -0.974. The smallest absolute Gasteiger partial charge is 0.323 e. The zero-order valence-electron chi connectivity index (χ0n) is 12.6. The van der Waals surface area contributed by atoms with Crippen molar-refractivity contribution in [3.8, 4) is 0 Å². The molecule has 114 valence electrons. The summed E-state index contributed by atoms with van der Waals surface area (Å²) in [6, 6.07) is 5.51. The lowest BCUT2D eigenvalue weighted by Crippen LogP contribution is -2.44. The molecule has 0 saturated heterocycles. The van der Waals surface area contributed by atoms with Crippen molar-refractivity contribution in [1.29, 1.82) is 0 Å². The molecular formula is C16H22N2O3. The summed E-state index contributed by atoms with van der Waals surface area (Å²) < 4.78 is 0. The lowest BCUT2D eigenvalue weighted by Gasteiger charge is -2.28. The third-order valence-corrected chi connectivity index (χ3v) is 4.04. The molecule has 0 unspecified atom stereocenters. The maximum Gasteiger partial charge on any atom is 0.323 e. The second kappa shape index (κ2) is 6.61. The van der Waals surface area contributed by atoms with Crippen molar-refractivity contribution in [3.63, 3.8) is 0 Å². The van der Waals surface area contributed by atoms with E-state index in [9.17, 15) is 9.59 Å². The number of rotatable bonds is 4. The molecule has 2 N–H and O–H groups in total. The average Bonchev–Trinajstić information content (AvgIpc) is 2.93. The van der Waals surface area contributed by atoms with Crippen LogP contribution in [0.15, 0.2) is 18.2 Å². The summed E-state index contributed by atoms with van der Waals surface area (Å²) in [5, 5.41) is 11.9. The van der Waals surface area contributed by atoms with Gasteiger partial charge >= 0.3 is 12.0 Å². The summed E-state index contributed by atoms with van der Waals surface area (Å²) in [5.74, 6) is -0.974. The van der Waals surface area contributed by atoms with Crippen molar-refractivity contribution >= 4 is 17.7 Å². The van der Waals surface area contributed by atoms with E-state index in [0.717, 1.165) is 42.5 Å². The summed E-state index contributed by atoms with van der Waals surface area (Å²) in [5.41, 5.74) is 2.73. The molecule has 0 aliphatic heterocycles. The molecule has 1 fully saturated rings. The number of hydrogen-bond acceptors (Lipinski definition) is 2. The Morgan fingerprint density at radius 1 is 1.24 bits per heavy atom. The average molecular weight is 290 g/mol. The van der Waals surface area contributed by atoms with E-state index in [1.165, 1.54) is 4.90 Å². The molecule has 1 aromatic rings. The summed E-state index contributed by atoms with van der Waals surface area (Å²) >= 11 is 0. The molecule has 2 amide bonds. The van der Waals surface area contributed by atoms with Gasteiger partial charge in [0.2, 0.25) is 0 Å². The standard InChI is InChI=1S/C16H22N2O3/c1-11-6-5-7-12(2)15(11)17-16(21)18(10-14(19)20)13-8-3-4-9-13/h5-7,13H,3-4,8-10H2,1-2H3,(H,17,21)(H,19,20). The van der Waals surface area contributed by atoms with Gasteiger partial charge < -0.3 is 15.3 Å². The Morgan fingerprint density at radius 2 is 1.81 bits per heavy atom. The Kier molecular flexibility index (Phi) is 4.83. The number of aliphatic carboxylic acids is 1. The highest BCUT2D eigenvalue weighted by molar-refractivity contribution is 5.93. The predicted octanol–water partition coefficient (Wildman–Crippen LogP) is 3.16. The van der Waals surface area contributed by atoms with Crippen molar-refractivity contribution in [2.75, 3.05) is 11.9 Å². The molecule has 0 heterocycles. The van der Waals surface area contributed by atoms with Gasteiger partial charge in [0.05, 0.1) is 0 Å². The minimum absolute atomic E-state index is 0.0328. The van der Waals surface area contributed by atoms with Gasteiger partial charge in [-0.3, -0.25) is 4.79 Å². The largest absolute Gasteiger partial charge is 0.480 e. The number of nitrogens with zero attached hydrogens (tertiary/aromatic N) is 1. The van der Waals surface area contributed by atoms with Crippen LogP contribution in [0.5, 0.6) is 0 Å². The van der Waals surface area contributed by atoms with E-state index in [1.54, 1.807) is 0 Å². The number of benzene rings is 1. The highest BCUT2D eigenvalue weighted by Gasteiger charge is 2.28. The first-order chi connectivity index (χ1) is 9.99. The zero-order chi connectivity index (χ0) is 15.4. The van der Waals surface area contributed by atoms with Crippen LogP contribution in [-0.4, -0.2) is 34.6 Å². The highest BCUT2D eigenvalue weighted by Crippen LogP contribution is 2.25. The molecule has 21 heavy (non-hydrogen) atoms.